The molecule has 1 atom stereocenters. The van der Waals surface area contributed by atoms with Crippen molar-refractivity contribution in [3.63, 3.8) is 0 Å². The summed E-state index contributed by atoms with van der Waals surface area (Å²) in [5.41, 5.74) is 11.5. The molecule has 1 unspecified atom stereocenters. The standard InChI is InChI=1S/C19H21FN6O/c1-11-16(22-7-6-20)10-13-9-12(3-4-15(13)23-11)14-5-8-26-17(14)18(27-2)24-19(21)25-26/h3-5,8-9,16,22H,6-7,10H2,1-2H3,(H2,21,25). The normalized spacial score (nSPS) is 16.3. The number of nitrogen functional groups attached to an aromatic ring is 1. The molecule has 3 heterocycles. The van der Waals surface area contributed by atoms with Crippen LogP contribution in [-0.4, -0.2) is 46.7 Å². The van der Waals surface area contributed by atoms with Crippen molar-refractivity contribution in [3.05, 3.63) is 36.0 Å². The van der Waals surface area contributed by atoms with E-state index in [1.54, 1.807) is 11.6 Å². The number of aromatic nitrogens is 3. The second kappa shape index (κ2) is 6.96. The van der Waals surface area contributed by atoms with Gasteiger partial charge in [0.1, 0.15) is 12.2 Å². The van der Waals surface area contributed by atoms with Crippen molar-refractivity contribution in [1.29, 1.82) is 0 Å². The van der Waals surface area contributed by atoms with Gasteiger partial charge in [-0.3, -0.25) is 4.99 Å². The molecular weight excluding hydrogens is 347 g/mol. The van der Waals surface area contributed by atoms with E-state index in [0.717, 1.165) is 40.0 Å². The van der Waals surface area contributed by atoms with Gasteiger partial charge in [0.2, 0.25) is 11.8 Å². The summed E-state index contributed by atoms with van der Waals surface area (Å²) in [5.74, 6) is 0.579. The first-order chi connectivity index (χ1) is 13.1. The largest absolute Gasteiger partial charge is 0.479 e. The molecule has 1 aliphatic rings. The minimum atomic E-state index is -0.393. The topological polar surface area (TPSA) is 89.8 Å². The molecule has 4 rings (SSSR count). The van der Waals surface area contributed by atoms with Crippen LogP contribution in [0.5, 0.6) is 5.88 Å². The van der Waals surface area contributed by atoms with Crippen molar-refractivity contribution in [2.24, 2.45) is 4.99 Å². The van der Waals surface area contributed by atoms with Crippen LogP contribution in [0.25, 0.3) is 16.6 Å². The number of hydrogen-bond acceptors (Lipinski definition) is 6. The molecule has 1 aliphatic heterocycles. The number of methoxy groups -OCH3 is 1. The lowest BCUT2D eigenvalue weighted by Crippen LogP contribution is -2.39. The van der Waals surface area contributed by atoms with Crippen molar-refractivity contribution in [3.8, 4) is 17.0 Å². The Morgan fingerprint density at radius 1 is 1.37 bits per heavy atom. The number of halogens is 1. The molecule has 8 heteroatoms. The van der Waals surface area contributed by atoms with Gasteiger partial charge in [0, 0.05) is 30.1 Å². The van der Waals surface area contributed by atoms with Crippen LogP contribution in [0, 0.1) is 0 Å². The van der Waals surface area contributed by atoms with Crippen molar-refractivity contribution in [2.45, 2.75) is 19.4 Å². The van der Waals surface area contributed by atoms with Crippen molar-refractivity contribution >= 4 is 22.9 Å². The third-order valence-electron chi connectivity index (χ3n) is 4.79. The van der Waals surface area contributed by atoms with Crippen LogP contribution < -0.4 is 15.8 Å². The Morgan fingerprint density at radius 3 is 3.00 bits per heavy atom. The van der Waals surface area contributed by atoms with Gasteiger partial charge in [-0.05, 0) is 42.7 Å². The fourth-order valence-electron chi connectivity index (χ4n) is 3.49. The van der Waals surface area contributed by atoms with E-state index in [1.807, 2.05) is 31.3 Å². The number of ether oxygens (including phenoxy) is 1. The molecule has 0 saturated carbocycles. The maximum absolute atomic E-state index is 12.5. The lowest BCUT2D eigenvalue weighted by atomic mass is 9.94. The zero-order chi connectivity index (χ0) is 19.0. The average molecular weight is 368 g/mol. The molecule has 1 aromatic carbocycles. The molecule has 140 valence electrons. The van der Waals surface area contributed by atoms with E-state index in [2.05, 4.69) is 26.5 Å². The quantitative estimate of drug-likeness (QED) is 0.722. The van der Waals surface area contributed by atoms with Gasteiger partial charge in [-0.1, -0.05) is 6.07 Å². The smallest absolute Gasteiger partial charge is 0.243 e. The van der Waals surface area contributed by atoms with Crippen molar-refractivity contribution in [1.82, 2.24) is 19.9 Å². The highest BCUT2D eigenvalue weighted by Gasteiger charge is 2.21. The highest BCUT2D eigenvalue weighted by molar-refractivity contribution is 5.93. The number of nitrogens with one attached hydrogen (secondary N) is 1. The Balaban J connectivity index is 1.76. The van der Waals surface area contributed by atoms with Crippen LogP contribution in [0.1, 0.15) is 12.5 Å². The van der Waals surface area contributed by atoms with Crippen LogP contribution in [-0.2, 0) is 6.42 Å². The third kappa shape index (κ3) is 3.12. The van der Waals surface area contributed by atoms with Crippen LogP contribution in [0.3, 0.4) is 0 Å². The Kier molecular flexibility index (Phi) is 4.49. The molecule has 27 heavy (non-hydrogen) atoms. The lowest BCUT2D eigenvalue weighted by molar-refractivity contribution is 0.400. The van der Waals surface area contributed by atoms with Gasteiger partial charge in [-0.15, -0.1) is 5.10 Å². The summed E-state index contributed by atoms with van der Waals surface area (Å²) in [6, 6.07) is 8.15. The third-order valence-corrected chi connectivity index (χ3v) is 4.79. The summed E-state index contributed by atoms with van der Waals surface area (Å²) >= 11 is 0. The SMILES string of the molecule is COc1nc(N)nn2ccc(-c3ccc4c(c3)CC(NCCF)C(C)=N4)c12. The second-order valence-corrected chi connectivity index (χ2v) is 6.50. The molecule has 0 saturated heterocycles. The van der Waals surface area contributed by atoms with E-state index in [9.17, 15) is 4.39 Å². The Bertz CT molecular complexity index is 1030. The number of fused-ring (bicyclic) bond motifs is 2. The second-order valence-electron chi connectivity index (χ2n) is 6.50. The monoisotopic (exact) mass is 368 g/mol. The molecular formula is C19H21FN6O. The van der Waals surface area contributed by atoms with E-state index in [1.165, 1.54) is 0 Å². The molecule has 3 aromatic rings. The number of alkyl halides is 1. The van der Waals surface area contributed by atoms with Crippen LogP contribution in [0.4, 0.5) is 16.0 Å². The first-order valence-corrected chi connectivity index (χ1v) is 8.77. The van der Waals surface area contributed by atoms with E-state index >= 15 is 0 Å². The Morgan fingerprint density at radius 2 is 2.22 bits per heavy atom. The molecule has 0 fully saturated rings. The lowest BCUT2D eigenvalue weighted by Gasteiger charge is -2.24. The summed E-state index contributed by atoms with van der Waals surface area (Å²) in [7, 11) is 1.56. The van der Waals surface area contributed by atoms with E-state index < -0.39 is 6.67 Å². The highest BCUT2D eigenvalue weighted by Crippen LogP contribution is 2.35. The van der Waals surface area contributed by atoms with Gasteiger partial charge in [-0.2, -0.15) is 4.98 Å². The Hall–Kier alpha value is -3.00. The average Bonchev–Trinajstić information content (AvgIpc) is 3.09. The van der Waals surface area contributed by atoms with E-state index in [-0.39, 0.29) is 12.0 Å². The summed E-state index contributed by atoms with van der Waals surface area (Å²) in [6.07, 6.45) is 2.60. The van der Waals surface area contributed by atoms with Gasteiger partial charge in [0.05, 0.1) is 12.8 Å². The maximum Gasteiger partial charge on any atom is 0.243 e. The zero-order valence-electron chi connectivity index (χ0n) is 15.2. The molecule has 7 nitrogen and oxygen atoms in total. The van der Waals surface area contributed by atoms with E-state index in [4.69, 9.17) is 10.5 Å². The number of anilines is 1. The number of rotatable bonds is 5. The minimum absolute atomic E-state index is 0.0481. The number of nitrogens with two attached hydrogens (primary N) is 1. The first kappa shape index (κ1) is 17.4. The highest BCUT2D eigenvalue weighted by atomic mass is 19.1. The number of nitrogens with zero attached hydrogens (tertiary/aromatic N) is 4. The number of hydrogen-bond donors (Lipinski definition) is 2. The van der Waals surface area contributed by atoms with Gasteiger partial charge in [0.25, 0.3) is 0 Å². The van der Waals surface area contributed by atoms with Gasteiger partial charge < -0.3 is 15.8 Å². The van der Waals surface area contributed by atoms with Crippen LogP contribution in [0.2, 0.25) is 0 Å². The molecule has 0 amide bonds. The van der Waals surface area contributed by atoms with Crippen molar-refractivity contribution < 1.29 is 9.13 Å². The summed E-state index contributed by atoms with van der Waals surface area (Å²) in [6.45, 7) is 1.91. The number of benzene rings is 1. The van der Waals surface area contributed by atoms with Crippen LogP contribution >= 0.6 is 0 Å². The van der Waals surface area contributed by atoms with Gasteiger partial charge >= 0.3 is 0 Å². The molecule has 0 aliphatic carbocycles. The summed E-state index contributed by atoms with van der Waals surface area (Å²) in [4.78, 5) is 8.85. The summed E-state index contributed by atoms with van der Waals surface area (Å²) in [5, 5.41) is 7.42. The predicted octanol–water partition coefficient (Wildman–Crippen LogP) is 2.56. The van der Waals surface area contributed by atoms with E-state index in [0.29, 0.717) is 12.4 Å². The summed E-state index contributed by atoms with van der Waals surface area (Å²) < 4.78 is 19.6. The van der Waals surface area contributed by atoms with Crippen LogP contribution in [0.15, 0.2) is 35.5 Å². The molecule has 3 N–H and O–H groups in total. The predicted molar refractivity (Wildman–Crippen MR) is 104 cm³/mol. The maximum atomic E-state index is 12.5. The fraction of sp³-hybridized carbons (Fsp3) is 0.316. The number of aliphatic imine (C=N–C) groups is 1. The molecule has 0 spiro atoms. The minimum Gasteiger partial charge on any atom is -0.479 e. The Labute approximate surface area is 156 Å². The molecule has 0 bridgehead atoms. The zero-order valence-corrected chi connectivity index (χ0v) is 15.2. The fourth-order valence-corrected chi connectivity index (χ4v) is 3.49. The molecule has 2 aromatic heterocycles. The van der Waals surface area contributed by atoms with Crippen molar-refractivity contribution in [2.75, 3.05) is 26.1 Å². The first-order valence-electron chi connectivity index (χ1n) is 8.77. The van der Waals surface area contributed by atoms with Gasteiger partial charge in [-0.25, -0.2) is 8.91 Å². The van der Waals surface area contributed by atoms with Gasteiger partial charge in [0.15, 0.2) is 0 Å². The molecule has 0 radical (unpaired) electrons.